The number of carbonyl (C=O) groups excluding carboxylic acids is 1. The van der Waals surface area contributed by atoms with Gasteiger partial charge < -0.3 is 10.6 Å². The third kappa shape index (κ3) is 4.17. The Balaban J connectivity index is 1.50. The van der Waals surface area contributed by atoms with Crippen LogP contribution in [0.1, 0.15) is 55.7 Å². The molecule has 1 saturated carbocycles. The molecule has 3 N–H and O–H groups in total. The van der Waals surface area contributed by atoms with Gasteiger partial charge in [-0.2, -0.15) is 0 Å². The lowest BCUT2D eigenvalue weighted by Crippen LogP contribution is -2.47. The van der Waals surface area contributed by atoms with E-state index in [9.17, 15) is 4.79 Å². The van der Waals surface area contributed by atoms with E-state index in [0.29, 0.717) is 5.92 Å². The fraction of sp³-hybridized carbons (Fsp3) is 0.733. The van der Waals surface area contributed by atoms with E-state index in [-0.39, 0.29) is 12.1 Å². The lowest BCUT2D eigenvalue weighted by atomic mass is 9.89. The summed E-state index contributed by atoms with van der Waals surface area (Å²) in [6.45, 7) is 1.91. The van der Waals surface area contributed by atoms with Crippen molar-refractivity contribution >= 4 is 22.5 Å². The van der Waals surface area contributed by atoms with E-state index in [1.54, 1.807) is 11.3 Å². The molecule has 0 aromatic carbocycles. The lowest BCUT2D eigenvalue weighted by Gasteiger charge is -2.23. The van der Waals surface area contributed by atoms with Crippen LogP contribution < -0.4 is 16.0 Å². The zero-order valence-corrected chi connectivity index (χ0v) is 13.2. The highest BCUT2D eigenvalue weighted by Crippen LogP contribution is 2.36. The van der Waals surface area contributed by atoms with Crippen molar-refractivity contribution in [2.75, 3.05) is 18.4 Å². The van der Waals surface area contributed by atoms with Crippen molar-refractivity contribution in [1.29, 1.82) is 0 Å². The molecular formula is C15H24N4OS. The number of piperidine rings is 1. The molecule has 1 saturated heterocycles. The van der Waals surface area contributed by atoms with Crippen LogP contribution in [0.5, 0.6) is 0 Å². The largest absolute Gasteiger partial charge is 0.334 e. The van der Waals surface area contributed by atoms with E-state index < -0.39 is 0 Å². The predicted molar refractivity (Wildman–Crippen MR) is 86.0 cm³/mol. The summed E-state index contributed by atoms with van der Waals surface area (Å²) < 4.78 is 0. The first-order chi connectivity index (χ1) is 10.3. The number of urea groups is 1. The molecule has 0 bridgehead atoms. The summed E-state index contributed by atoms with van der Waals surface area (Å²) in [5, 5.41) is 9.90. The Bertz CT molecular complexity index is 464. The van der Waals surface area contributed by atoms with Gasteiger partial charge in [-0.15, -0.1) is 11.3 Å². The van der Waals surface area contributed by atoms with Crippen LogP contribution in [-0.2, 0) is 0 Å². The smallest absolute Gasteiger partial charge is 0.321 e. The molecule has 2 heterocycles. The normalized spacial score (nSPS) is 23.7. The Kier molecular flexibility index (Phi) is 5.08. The molecule has 1 aliphatic heterocycles. The number of nitrogens with one attached hydrogen (secondary N) is 3. The summed E-state index contributed by atoms with van der Waals surface area (Å²) in [4.78, 5) is 17.7. The maximum atomic E-state index is 12.0. The van der Waals surface area contributed by atoms with Gasteiger partial charge in [0.15, 0.2) is 5.13 Å². The summed E-state index contributed by atoms with van der Waals surface area (Å²) in [7, 11) is 0. The third-order valence-electron chi connectivity index (χ3n) is 4.38. The Morgan fingerprint density at radius 3 is 2.86 bits per heavy atom. The first-order valence-electron chi connectivity index (χ1n) is 8.05. The number of anilines is 1. The fourth-order valence-electron chi connectivity index (χ4n) is 3.21. The monoisotopic (exact) mass is 308 g/mol. The quantitative estimate of drug-likeness (QED) is 0.804. The number of hydrogen-bond donors (Lipinski definition) is 3. The molecule has 1 atom stereocenters. The summed E-state index contributed by atoms with van der Waals surface area (Å²) >= 11 is 1.63. The highest BCUT2D eigenvalue weighted by Gasteiger charge is 2.19. The van der Waals surface area contributed by atoms with Gasteiger partial charge in [-0.3, -0.25) is 5.32 Å². The van der Waals surface area contributed by atoms with Crippen LogP contribution in [-0.4, -0.2) is 30.1 Å². The molecule has 1 unspecified atom stereocenters. The standard InChI is InChI=1S/C15H24N4OS/c20-14(18-12-7-4-8-16-9-12)19-15-17-10-13(21-15)11-5-2-1-3-6-11/h10-12,16H,1-9H2,(H2,17,18,19,20). The van der Waals surface area contributed by atoms with E-state index in [0.717, 1.165) is 31.1 Å². The van der Waals surface area contributed by atoms with Crippen LogP contribution >= 0.6 is 11.3 Å². The van der Waals surface area contributed by atoms with Gasteiger partial charge in [-0.05, 0) is 38.1 Å². The van der Waals surface area contributed by atoms with Gasteiger partial charge in [-0.1, -0.05) is 19.3 Å². The first kappa shape index (κ1) is 14.8. The molecule has 21 heavy (non-hydrogen) atoms. The van der Waals surface area contributed by atoms with Crippen LogP contribution in [0.2, 0.25) is 0 Å². The molecule has 0 spiro atoms. The summed E-state index contributed by atoms with van der Waals surface area (Å²) in [6, 6.07) is 0.102. The Labute approximate surface area is 129 Å². The minimum absolute atomic E-state index is 0.131. The Morgan fingerprint density at radius 1 is 1.24 bits per heavy atom. The molecular weight excluding hydrogens is 284 g/mol. The van der Waals surface area contributed by atoms with E-state index in [2.05, 4.69) is 20.9 Å². The Morgan fingerprint density at radius 2 is 2.10 bits per heavy atom. The van der Waals surface area contributed by atoms with E-state index >= 15 is 0 Å². The zero-order chi connectivity index (χ0) is 14.5. The third-order valence-corrected chi connectivity index (χ3v) is 5.46. The number of carbonyl (C=O) groups is 1. The van der Waals surface area contributed by atoms with Crippen molar-refractivity contribution in [3.63, 3.8) is 0 Å². The molecule has 6 heteroatoms. The van der Waals surface area contributed by atoms with Crippen LogP contribution in [0.15, 0.2) is 6.20 Å². The molecule has 3 rings (SSSR count). The Hall–Kier alpha value is -1.14. The second-order valence-electron chi connectivity index (χ2n) is 6.04. The van der Waals surface area contributed by atoms with Crippen molar-refractivity contribution in [2.24, 2.45) is 0 Å². The number of nitrogens with zero attached hydrogens (tertiary/aromatic N) is 1. The second kappa shape index (κ2) is 7.22. The fourth-order valence-corrected chi connectivity index (χ4v) is 4.19. The van der Waals surface area contributed by atoms with Crippen LogP contribution in [0.4, 0.5) is 9.93 Å². The number of thiazole rings is 1. The van der Waals surface area contributed by atoms with Gasteiger partial charge in [0.1, 0.15) is 0 Å². The van der Waals surface area contributed by atoms with Crippen LogP contribution in [0, 0.1) is 0 Å². The molecule has 0 radical (unpaired) electrons. The van der Waals surface area contributed by atoms with Crippen molar-refractivity contribution in [3.05, 3.63) is 11.1 Å². The van der Waals surface area contributed by atoms with Gasteiger partial charge >= 0.3 is 6.03 Å². The van der Waals surface area contributed by atoms with Gasteiger partial charge in [0.25, 0.3) is 0 Å². The maximum Gasteiger partial charge on any atom is 0.321 e. The average molecular weight is 308 g/mol. The van der Waals surface area contributed by atoms with Gasteiger partial charge in [0.05, 0.1) is 0 Å². The van der Waals surface area contributed by atoms with E-state index in [1.807, 2.05) is 6.20 Å². The van der Waals surface area contributed by atoms with Crippen molar-refractivity contribution in [3.8, 4) is 0 Å². The minimum atomic E-state index is -0.131. The lowest BCUT2D eigenvalue weighted by molar-refractivity contribution is 0.245. The van der Waals surface area contributed by atoms with Gasteiger partial charge in [-0.25, -0.2) is 9.78 Å². The van der Waals surface area contributed by atoms with Crippen molar-refractivity contribution in [2.45, 2.75) is 56.9 Å². The summed E-state index contributed by atoms with van der Waals surface area (Å²) in [5.41, 5.74) is 0. The van der Waals surface area contributed by atoms with Gasteiger partial charge in [0, 0.05) is 23.7 Å². The number of aromatic nitrogens is 1. The van der Waals surface area contributed by atoms with Crippen molar-refractivity contribution in [1.82, 2.24) is 15.6 Å². The second-order valence-corrected chi connectivity index (χ2v) is 7.11. The first-order valence-corrected chi connectivity index (χ1v) is 8.87. The topological polar surface area (TPSA) is 66.0 Å². The molecule has 116 valence electrons. The zero-order valence-electron chi connectivity index (χ0n) is 12.4. The number of amides is 2. The molecule has 1 aliphatic carbocycles. The SMILES string of the molecule is O=C(Nc1ncc(C2CCCCC2)s1)NC1CCCNC1. The molecule has 5 nitrogen and oxygen atoms in total. The van der Waals surface area contributed by atoms with E-state index in [4.69, 9.17) is 0 Å². The highest BCUT2D eigenvalue weighted by atomic mass is 32.1. The highest BCUT2D eigenvalue weighted by molar-refractivity contribution is 7.15. The maximum absolute atomic E-state index is 12.0. The van der Waals surface area contributed by atoms with Gasteiger partial charge in [0.2, 0.25) is 0 Å². The van der Waals surface area contributed by atoms with Crippen LogP contribution in [0.3, 0.4) is 0 Å². The van der Waals surface area contributed by atoms with Crippen LogP contribution in [0.25, 0.3) is 0 Å². The molecule has 1 aromatic rings. The van der Waals surface area contributed by atoms with E-state index in [1.165, 1.54) is 37.0 Å². The number of hydrogen-bond acceptors (Lipinski definition) is 4. The average Bonchev–Trinajstić information content (AvgIpc) is 2.97. The molecule has 1 aromatic heterocycles. The summed E-state index contributed by atoms with van der Waals surface area (Å²) in [5.74, 6) is 0.650. The minimum Gasteiger partial charge on any atom is -0.334 e. The number of rotatable bonds is 3. The van der Waals surface area contributed by atoms with Crippen molar-refractivity contribution < 1.29 is 4.79 Å². The molecule has 2 aliphatic rings. The molecule has 2 fully saturated rings. The molecule has 2 amide bonds. The predicted octanol–water partition coefficient (Wildman–Crippen LogP) is 3.06. The summed E-state index contributed by atoms with van der Waals surface area (Å²) in [6.07, 6.45) is 10.6.